The molecule has 3 amide bonds. The molecular weight excluding hydrogens is 506 g/mol. The standard InChI is InChI=1S/C32H45N3O5/c1-6-13-22(5)34(20-9-4)31(39)28-32-17-16-25(40-32)26(29(37)33(18-7-2)19-8-3)27(32)30(38)35(28)24(21-36)23-14-11-10-12-15-23/h7,9-12,14-15,22,24-28,36H,2,4,6,8,13,16-21H2,1,3,5H3/t22?,24-,25+,26-,27+,28?,32?/m1/s1. The summed E-state index contributed by atoms with van der Waals surface area (Å²) in [5.74, 6) is -2.09. The molecule has 3 aliphatic heterocycles. The average Bonchev–Trinajstić information content (AvgIpc) is 3.60. The summed E-state index contributed by atoms with van der Waals surface area (Å²) in [5, 5.41) is 10.7. The Morgan fingerprint density at radius 1 is 1.15 bits per heavy atom. The molecule has 40 heavy (non-hydrogen) atoms. The number of aliphatic hydroxyl groups excluding tert-OH is 1. The van der Waals surface area contributed by atoms with Crippen molar-refractivity contribution in [3.8, 4) is 0 Å². The zero-order chi connectivity index (χ0) is 29.0. The quantitative estimate of drug-likeness (QED) is 0.356. The molecule has 1 spiro atoms. The van der Waals surface area contributed by atoms with Gasteiger partial charge in [-0.05, 0) is 38.2 Å². The number of aliphatic hydroxyl groups is 1. The third-order valence-electron chi connectivity index (χ3n) is 8.95. The number of carbonyl (C=O) groups excluding carboxylic acids is 3. The smallest absolute Gasteiger partial charge is 0.248 e. The summed E-state index contributed by atoms with van der Waals surface area (Å²) in [6.45, 7) is 14.7. The molecule has 0 aliphatic carbocycles. The van der Waals surface area contributed by atoms with Crippen molar-refractivity contribution in [1.29, 1.82) is 0 Å². The molecule has 3 saturated heterocycles. The van der Waals surface area contributed by atoms with E-state index in [9.17, 15) is 19.5 Å². The van der Waals surface area contributed by atoms with Crippen LogP contribution in [0.3, 0.4) is 0 Å². The summed E-state index contributed by atoms with van der Waals surface area (Å²) in [5.41, 5.74) is -0.389. The molecule has 0 radical (unpaired) electrons. The number of rotatable bonds is 14. The highest BCUT2D eigenvalue weighted by molar-refractivity contribution is 5.99. The minimum atomic E-state index is -1.13. The summed E-state index contributed by atoms with van der Waals surface area (Å²) in [4.78, 5) is 48.2. The highest BCUT2D eigenvalue weighted by Gasteiger charge is 2.75. The van der Waals surface area contributed by atoms with E-state index in [0.717, 1.165) is 24.8 Å². The first kappa shape index (κ1) is 30.0. The van der Waals surface area contributed by atoms with Crippen LogP contribution in [0.5, 0.6) is 0 Å². The zero-order valence-electron chi connectivity index (χ0n) is 24.2. The minimum Gasteiger partial charge on any atom is -0.394 e. The Balaban J connectivity index is 1.83. The lowest BCUT2D eigenvalue weighted by atomic mass is 9.70. The van der Waals surface area contributed by atoms with Crippen molar-refractivity contribution in [3.63, 3.8) is 0 Å². The molecule has 0 aromatic heterocycles. The van der Waals surface area contributed by atoms with Gasteiger partial charge in [-0.15, -0.1) is 13.2 Å². The highest BCUT2D eigenvalue weighted by atomic mass is 16.5. The SMILES string of the molecule is C=CCN(CCC)C(=O)[C@@H]1[C@@H]2CCC3(O2)C(C(=O)N(CC=C)C(C)CCC)N([C@H](CO)c2ccccc2)C(=O)[C@H]13. The summed E-state index contributed by atoms with van der Waals surface area (Å²) in [6.07, 6.45) is 6.58. The van der Waals surface area contributed by atoms with Crippen molar-refractivity contribution in [2.24, 2.45) is 11.8 Å². The van der Waals surface area contributed by atoms with Crippen molar-refractivity contribution >= 4 is 17.7 Å². The number of benzene rings is 1. The van der Waals surface area contributed by atoms with Crippen LogP contribution in [0, 0.1) is 11.8 Å². The Morgan fingerprint density at radius 3 is 2.45 bits per heavy atom. The predicted molar refractivity (Wildman–Crippen MR) is 154 cm³/mol. The van der Waals surface area contributed by atoms with Gasteiger partial charge in [-0.2, -0.15) is 0 Å². The van der Waals surface area contributed by atoms with E-state index in [1.54, 1.807) is 26.9 Å². The summed E-state index contributed by atoms with van der Waals surface area (Å²) in [7, 11) is 0. The Hall–Kier alpha value is -2.97. The maximum atomic E-state index is 14.6. The second-order valence-corrected chi connectivity index (χ2v) is 11.4. The first-order valence-corrected chi connectivity index (χ1v) is 14.8. The predicted octanol–water partition coefficient (Wildman–Crippen LogP) is 3.72. The maximum absolute atomic E-state index is 14.6. The van der Waals surface area contributed by atoms with Gasteiger partial charge >= 0.3 is 0 Å². The van der Waals surface area contributed by atoms with Gasteiger partial charge in [0.1, 0.15) is 11.6 Å². The van der Waals surface area contributed by atoms with Crippen molar-refractivity contribution in [1.82, 2.24) is 14.7 Å². The second-order valence-electron chi connectivity index (χ2n) is 11.4. The maximum Gasteiger partial charge on any atom is 0.248 e. The number of carbonyl (C=O) groups is 3. The second kappa shape index (κ2) is 12.7. The number of hydrogen-bond acceptors (Lipinski definition) is 5. The Labute approximate surface area is 238 Å². The summed E-state index contributed by atoms with van der Waals surface area (Å²) in [6, 6.07) is 7.53. The first-order valence-electron chi connectivity index (χ1n) is 14.8. The third-order valence-corrected chi connectivity index (χ3v) is 8.95. The molecular formula is C32H45N3O5. The molecule has 2 bridgehead atoms. The van der Waals surface area contributed by atoms with Crippen LogP contribution in [-0.2, 0) is 19.1 Å². The molecule has 3 aliphatic rings. The van der Waals surface area contributed by atoms with Crippen LogP contribution in [-0.4, -0.2) is 87.6 Å². The molecule has 3 unspecified atom stereocenters. The van der Waals surface area contributed by atoms with E-state index in [1.165, 1.54) is 0 Å². The normalized spacial score (nSPS) is 28.2. The molecule has 8 heteroatoms. The van der Waals surface area contributed by atoms with E-state index in [4.69, 9.17) is 4.74 Å². The lowest BCUT2D eigenvalue weighted by Crippen LogP contribution is -2.58. The van der Waals surface area contributed by atoms with Gasteiger partial charge in [0.05, 0.1) is 30.6 Å². The molecule has 1 N–H and O–H groups in total. The largest absolute Gasteiger partial charge is 0.394 e. The fourth-order valence-electron chi connectivity index (χ4n) is 7.30. The van der Waals surface area contributed by atoms with Crippen LogP contribution in [0.15, 0.2) is 55.6 Å². The highest BCUT2D eigenvalue weighted by Crippen LogP contribution is 2.60. The first-order chi connectivity index (χ1) is 19.3. The molecule has 218 valence electrons. The van der Waals surface area contributed by atoms with Crippen LogP contribution in [0.4, 0.5) is 0 Å². The van der Waals surface area contributed by atoms with Gasteiger partial charge in [0.25, 0.3) is 0 Å². The number of ether oxygens (including phenoxy) is 1. The fraction of sp³-hybridized carbons (Fsp3) is 0.594. The van der Waals surface area contributed by atoms with Crippen molar-refractivity contribution < 1.29 is 24.2 Å². The number of amides is 3. The number of nitrogens with zero attached hydrogens (tertiary/aromatic N) is 3. The fourth-order valence-corrected chi connectivity index (χ4v) is 7.30. The summed E-state index contributed by atoms with van der Waals surface area (Å²) >= 11 is 0. The molecule has 0 saturated carbocycles. The Bertz CT molecular complexity index is 1090. The van der Waals surface area contributed by atoms with Gasteiger partial charge in [0.2, 0.25) is 17.7 Å². The Kier molecular flexibility index (Phi) is 9.52. The minimum absolute atomic E-state index is 0.0733. The van der Waals surface area contributed by atoms with Gasteiger partial charge in [0.15, 0.2) is 0 Å². The third kappa shape index (κ3) is 5.00. The van der Waals surface area contributed by atoms with Crippen LogP contribution in [0.1, 0.15) is 64.5 Å². The van der Waals surface area contributed by atoms with E-state index >= 15 is 0 Å². The number of hydrogen-bond donors (Lipinski definition) is 1. The lowest BCUT2D eigenvalue weighted by Gasteiger charge is -2.41. The molecule has 1 aromatic rings. The van der Waals surface area contributed by atoms with Crippen molar-refractivity contribution in [2.75, 3.05) is 26.2 Å². The van der Waals surface area contributed by atoms with Crippen molar-refractivity contribution in [2.45, 2.75) is 82.7 Å². The Morgan fingerprint density at radius 2 is 1.85 bits per heavy atom. The van der Waals surface area contributed by atoms with Gasteiger partial charge in [-0.1, -0.05) is 62.8 Å². The van der Waals surface area contributed by atoms with Crippen LogP contribution < -0.4 is 0 Å². The topological polar surface area (TPSA) is 90.4 Å². The van der Waals surface area contributed by atoms with Gasteiger partial charge in [-0.3, -0.25) is 14.4 Å². The van der Waals surface area contributed by atoms with E-state index in [1.807, 2.05) is 44.2 Å². The number of likely N-dealkylation sites (tertiary alicyclic amines) is 1. The monoisotopic (exact) mass is 551 g/mol. The van der Waals surface area contributed by atoms with Gasteiger partial charge in [0, 0.05) is 25.7 Å². The lowest BCUT2D eigenvalue weighted by molar-refractivity contribution is -0.153. The van der Waals surface area contributed by atoms with E-state index < -0.39 is 35.6 Å². The van der Waals surface area contributed by atoms with E-state index in [0.29, 0.717) is 32.5 Å². The number of fused-ring (bicyclic) bond motifs is 1. The summed E-state index contributed by atoms with van der Waals surface area (Å²) < 4.78 is 6.67. The molecule has 3 fully saturated rings. The van der Waals surface area contributed by atoms with Gasteiger partial charge in [-0.25, -0.2) is 0 Å². The van der Waals surface area contributed by atoms with Crippen LogP contribution >= 0.6 is 0 Å². The van der Waals surface area contributed by atoms with E-state index in [2.05, 4.69) is 20.1 Å². The molecule has 3 heterocycles. The average molecular weight is 552 g/mol. The zero-order valence-corrected chi connectivity index (χ0v) is 24.2. The molecule has 8 nitrogen and oxygen atoms in total. The molecule has 1 aromatic carbocycles. The molecule has 7 atom stereocenters. The molecule has 4 rings (SSSR count). The van der Waals surface area contributed by atoms with Crippen LogP contribution in [0.25, 0.3) is 0 Å². The van der Waals surface area contributed by atoms with Crippen LogP contribution in [0.2, 0.25) is 0 Å². The van der Waals surface area contributed by atoms with Crippen molar-refractivity contribution in [3.05, 3.63) is 61.2 Å². The van der Waals surface area contributed by atoms with Gasteiger partial charge < -0.3 is 24.5 Å². The van der Waals surface area contributed by atoms with E-state index in [-0.39, 0.29) is 30.4 Å².